The standard InChI is InChI=1S/C3H8O3.ClH2N/c4-1-3(6)2-5;1-2/h3-6H,1-2H2;2H2. The molecule has 0 heterocycles. The van der Waals surface area contributed by atoms with Gasteiger partial charge in [-0.15, -0.1) is 0 Å². The van der Waals surface area contributed by atoms with Gasteiger partial charge in [0.05, 0.1) is 13.2 Å². The van der Waals surface area contributed by atoms with Crippen LogP contribution in [-0.2, 0) is 0 Å². The fourth-order valence-electron chi connectivity index (χ4n) is 0.0577. The maximum atomic E-state index is 8.17. The fraction of sp³-hybridized carbons (Fsp3) is 1.00. The molecule has 0 aliphatic rings. The van der Waals surface area contributed by atoms with Gasteiger partial charge in [0.15, 0.2) is 0 Å². The molecule has 0 aromatic heterocycles. The van der Waals surface area contributed by atoms with Gasteiger partial charge in [0.1, 0.15) is 6.10 Å². The lowest BCUT2D eigenvalue weighted by Gasteiger charge is -1.96. The third-order valence-electron chi connectivity index (χ3n) is 0.421. The Morgan fingerprint density at radius 3 is 1.50 bits per heavy atom. The first-order chi connectivity index (χ1) is 3.81. The Morgan fingerprint density at radius 2 is 1.50 bits per heavy atom. The molecule has 0 fully saturated rings. The number of aliphatic hydroxyl groups excluding tert-OH is 3. The number of hydrogen-bond acceptors (Lipinski definition) is 4. The van der Waals surface area contributed by atoms with Gasteiger partial charge < -0.3 is 15.3 Å². The molecule has 0 spiro atoms. The maximum absolute atomic E-state index is 8.17. The maximum Gasteiger partial charge on any atom is 0.100 e. The van der Waals surface area contributed by atoms with Crippen molar-refractivity contribution >= 4 is 11.8 Å². The first-order valence-electron chi connectivity index (χ1n) is 1.93. The van der Waals surface area contributed by atoms with Gasteiger partial charge in [0, 0.05) is 0 Å². The van der Waals surface area contributed by atoms with Crippen LogP contribution in [0.4, 0.5) is 0 Å². The largest absolute Gasteiger partial charge is 0.394 e. The van der Waals surface area contributed by atoms with Crippen molar-refractivity contribution in [3.8, 4) is 0 Å². The highest BCUT2D eigenvalue weighted by Crippen LogP contribution is 1.71. The lowest BCUT2D eigenvalue weighted by molar-refractivity contribution is 0.0450. The minimum atomic E-state index is -0.954. The van der Waals surface area contributed by atoms with Crippen molar-refractivity contribution < 1.29 is 15.3 Å². The molecule has 0 radical (unpaired) electrons. The van der Waals surface area contributed by atoms with Crippen LogP contribution in [0.1, 0.15) is 0 Å². The fourth-order valence-corrected chi connectivity index (χ4v) is 0.0577. The van der Waals surface area contributed by atoms with E-state index in [0.717, 1.165) is 0 Å². The normalized spacial score (nSPS) is 8.25. The second-order valence-corrected chi connectivity index (χ2v) is 1.02. The van der Waals surface area contributed by atoms with E-state index in [1.165, 1.54) is 0 Å². The van der Waals surface area contributed by atoms with E-state index in [9.17, 15) is 0 Å². The molecule has 0 rings (SSSR count). The number of rotatable bonds is 2. The van der Waals surface area contributed by atoms with Gasteiger partial charge in [-0.05, 0) is 11.8 Å². The Bertz CT molecular complexity index is 33.7. The minimum absolute atomic E-state index is 0.365. The molecule has 0 atom stereocenters. The van der Waals surface area contributed by atoms with Gasteiger partial charge in [-0.25, -0.2) is 5.25 Å². The molecule has 8 heavy (non-hydrogen) atoms. The van der Waals surface area contributed by atoms with Crippen LogP contribution >= 0.6 is 11.8 Å². The first-order valence-corrected chi connectivity index (χ1v) is 2.36. The number of nitrogens with two attached hydrogens (primary N) is 1. The van der Waals surface area contributed by atoms with Crippen molar-refractivity contribution in [1.82, 2.24) is 0 Å². The van der Waals surface area contributed by atoms with Crippen molar-refractivity contribution in [2.24, 2.45) is 5.25 Å². The quantitative estimate of drug-likeness (QED) is 0.352. The van der Waals surface area contributed by atoms with Crippen molar-refractivity contribution in [2.75, 3.05) is 13.2 Å². The van der Waals surface area contributed by atoms with E-state index in [1.54, 1.807) is 0 Å². The Kier molecular flexibility index (Phi) is 14.0. The van der Waals surface area contributed by atoms with Crippen LogP contribution in [0.3, 0.4) is 0 Å². The van der Waals surface area contributed by atoms with Crippen LogP contribution < -0.4 is 5.25 Å². The Morgan fingerprint density at radius 1 is 1.25 bits per heavy atom. The summed E-state index contributed by atoms with van der Waals surface area (Å²) in [6, 6.07) is 0. The SMILES string of the molecule is NCl.OCC(O)CO. The monoisotopic (exact) mass is 143 g/mol. The summed E-state index contributed by atoms with van der Waals surface area (Å²) in [6.45, 7) is -0.729. The van der Waals surface area contributed by atoms with Gasteiger partial charge in [-0.3, -0.25) is 0 Å². The van der Waals surface area contributed by atoms with Crippen LogP contribution in [0, 0.1) is 0 Å². The first kappa shape index (κ1) is 11.0. The van der Waals surface area contributed by atoms with Gasteiger partial charge in [0.25, 0.3) is 0 Å². The summed E-state index contributed by atoms with van der Waals surface area (Å²) in [5, 5.41) is 28.0. The van der Waals surface area contributed by atoms with Crippen molar-refractivity contribution in [2.45, 2.75) is 6.10 Å². The lowest BCUT2D eigenvalue weighted by Crippen LogP contribution is -2.15. The smallest absolute Gasteiger partial charge is 0.100 e. The topological polar surface area (TPSA) is 86.7 Å². The third-order valence-corrected chi connectivity index (χ3v) is 0.421. The van der Waals surface area contributed by atoms with Gasteiger partial charge in [0.2, 0.25) is 0 Å². The van der Waals surface area contributed by atoms with E-state index in [2.05, 4.69) is 17.0 Å². The van der Waals surface area contributed by atoms with E-state index in [-0.39, 0.29) is 13.2 Å². The van der Waals surface area contributed by atoms with E-state index in [0.29, 0.717) is 0 Å². The van der Waals surface area contributed by atoms with E-state index < -0.39 is 6.10 Å². The molecule has 0 saturated carbocycles. The van der Waals surface area contributed by atoms with Crippen molar-refractivity contribution in [3.63, 3.8) is 0 Å². The zero-order chi connectivity index (χ0) is 6.99. The van der Waals surface area contributed by atoms with E-state index in [1.807, 2.05) is 0 Å². The molecule has 0 saturated heterocycles. The van der Waals surface area contributed by atoms with Crippen LogP contribution in [0.15, 0.2) is 0 Å². The number of halogens is 1. The van der Waals surface area contributed by atoms with Crippen LogP contribution in [0.5, 0.6) is 0 Å². The molecule has 4 nitrogen and oxygen atoms in total. The Balaban J connectivity index is 0. The highest BCUT2D eigenvalue weighted by Gasteiger charge is 1.93. The Hall–Kier alpha value is 0.130. The zero-order valence-corrected chi connectivity index (χ0v) is 5.04. The summed E-state index contributed by atoms with van der Waals surface area (Å²) >= 11 is 4.14. The molecular weight excluding hydrogens is 133 g/mol. The molecule has 0 bridgehead atoms. The van der Waals surface area contributed by atoms with Gasteiger partial charge in [-0.2, -0.15) is 0 Å². The van der Waals surface area contributed by atoms with Gasteiger partial charge >= 0.3 is 0 Å². The minimum Gasteiger partial charge on any atom is -0.394 e. The van der Waals surface area contributed by atoms with Gasteiger partial charge in [-0.1, -0.05) is 0 Å². The third kappa shape index (κ3) is 9.46. The van der Waals surface area contributed by atoms with Crippen LogP contribution in [-0.4, -0.2) is 34.6 Å². The molecule has 0 aliphatic carbocycles. The summed E-state index contributed by atoms with van der Waals surface area (Å²) in [5.74, 6) is 0. The molecule has 0 aliphatic heterocycles. The predicted octanol–water partition coefficient (Wildman–Crippen LogP) is -1.57. The summed E-state index contributed by atoms with van der Waals surface area (Å²) in [7, 11) is 0. The molecule has 0 unspecified atom stereocenters. The van der Waals surface area contributed by atoms with E-state index >= 15 is 0 Å². The highest BCUT2D eigenvalue weighted by molar-refractivity contribution is 6.11. The zero-order valence-electron chi connectivity index (χ0n) is 4.29. The second kappa shape index (κ2) is 10.2. The van der Waals surface area contributed by atoms with Crippen LogP contribution in [0.25, 0.3) is 0 Å². The molecule has 0 amide bonds. The molecule has 52 valence electrons. The Labute approximate surface area is 52.6 Å². The molecule has 5 N–H and O–H groups in total. The highest BCUT2D eigenvalue weighted by atomic mass is 35.5. The molecular formula is C3H10ClNO3. The molecule has 5 heteroatoms. The van der Waals surface area contributed by atoms with Crippen molar-refractivity contribution in [1.29, 1.82) is 0 Å². The summed E-state index contributed by atoms with van der Waals surface area (Å²) in [4.78, 5) is 0. The predicted molar refractivity (Wildman–Crippen MR) is 30.2 cm³/mol. The number of aliphatic hydroxyl groups is 3. The summed E-state index contributed by atoms with van der Waals surface area (Å²) in [5.41, 5.74) is 0. The van der Waals surface area contributed by atoms with Crippen LogP contribution in [0.2, 0.25) is 0 Å². The number of hydrogen-bond donors (Lipinski definition) is 4. The summed E-state index contributed by atoms with van der Waals surface area (Å²) in [6.07, 6.45) is -0.954. The average Bonchev–Trinajstić information content (AvgIpc) is 1.91. The summed E-state index contributed by atoms with van der Waals surface area (Å²) < 4.78 is 0. The average molecular weight is 144 g/mol. The molecule has 0 aromatic carbocycles. The van der Waals surface area contributed by atoms with E-state index in [4.69, 9.17) is 15.3 Å². The van der Waals surface area contributed by atoms with Crippen molar-refractivity contribution in [3.05, 3.63) is 0 Å². The second-order valence-electron chi connectivity index (χ2n) is 1.02. The lowest BCUT2D eigenvalue weighted by atomic mass is 10.4. The molecule has 0 aromatic rings.